The summed E-state index contributed by atoms with van der Waals surface area (Å²) in [4.78, 5) is 3.75. The summed E-state index contributed by atoms with van der Waals surface area (Å²) in [6, 6.07) is 33.0. The van der Waals surface area contributed by atoms with E-state index in [9.17, 15) is 0 Å². The molecule has 140 valence electrons. The molecule has 0 radical (unpaired) electrons. The maximum atomic E-state index is 3.75. The van der Waals surface area contributed by atoms with Crippen LogP contribution in [0.1, 0.15) is 0 Å². The topological polar surface area (TPSA) is 15.8 Å². The lowest BCUT2D eigenvalue weighted by Gasteiger charge is -2.12. The van der Waals surface area contributed by atoms with Gasteiger partial charge >= 0.3 is 0 Å². The summed E-state index contributed by atoms with van der Waals surface area (Å²) in [5.74, 6) is 0. The number of nitrogens with one attached hydrogen (secondary N) is 1. The second kappa shape index (κ2) is 5.84. The van der Waals surface area contributed by atoms with E-state index in [-0.39, 0.29) is 0 Å². The quantitative estimate of drug-likeness (QED) is 0.243. The summed E-state index contributed by atoms with van der Waals surface area (Å²) in [6.07, 6.45) is 0. The Labute approximate surface area is 181 Å². The number of fused-ring (bicyclic) bond motifs is 4. The minimum absolute atomic E-state index is 1.15. The fourth-order valence-electron chi connectivity index (χ4n) is 5.02. The van der Waals surface area contributed by atoms with Gasteiger partial charge in [-0.1, -0.05) is 88.7 Å². The zero-order valence-corrected chi connectivity index (χ0v) is 17.6. The molecule has 1 heterocycles. The second-order valence-corrected chi connectivity index (χ2v) is 8.87. The zero-order chi connectivity index (χ0) is 19.8. The van der Waals surface area contributed by atoms with Crippen LogP contribution in [0, 0.1) is 0 Å². The summed E-state index contributed by atoms with van der Waals surface area (Å²) in [7, 11) is 0. The van der Waals surface area contributed by atoms with Crippen LogP contribution in [0.15, 0.2) is 95.5 Å². The molecule has 7 aromatic rings. The predicted molar refractivity (Wildman–Crippen MR) is 133 cm³/mol. The molecule has 1 nitrogen and oxygen atoms in total. The Hall–Kier alpha value is -3.36. The molecule has 0 aliphatic heterocycles. The van der Waals surface area contributed by atoms with Crippen LogP contribution < -0.4 is 0 Å². The molecular formula is C28H16BrN. The highest BCUT2D eigenvalue weighted by molar-refractivity contribution is 9.10. The van der Waals surface area contributed by atoms with Gasteiger partial charge in [-0.2, -0.15) is 0 Å². The molecule has 0 fully saturated rings. The van der Waals surface area contributed by atoms with Crippen molar-refractivity contribution in [1.29, 1.82) is 0 Å². The number of hydrogen-bond donors (Lipinski definition) is 1. The van der Waals surface area contributed by atoms with Gasteiger partial charge in [-0.25, -0.2) is 0 Å². The molecule has 6 aromatic carbocycles. The van der Waals surface area contributed by atoms with Gasteiger partial charge in [0.25, 0.3) is 0 Å². The first-order chi connectivity index (χ1) is 14.8. The lowest BCUT2D eigenvalue weighted by Crippen LogP contribution is -1.85. The Balaban J connectivity index is 1.63. The third-order valence-electron chi connectivity index (χ3n) is 6.41. The summed E-state index contributed by atoms with van der Waals surface area (Å²) < 4.78 is 1.15. The summed E-state index contributed by atoms with van der Waals surface area (Å²) >= 11 is 3.74. The number of benzene rings is 6. The molecule has 30 heavy (non-hydrogen) atoms. The van der Waals surface area contributed by atoms with Crippen LogP contribution in [0.4, 0.5) is 0 Å². The molecule has 0 bridgehead atoms. The van der Waals surface area contributed by atoms with Crippen LogP contribution in [-0.2, 0) is 0 Å². The van der Waals surface area contributed by atoms with Gasteiger partial charge in [0.15, 0.2) is 0 Å². The Morgan fingerprint density at radius 2 is 1.27 bits per heavy atom. The van der Waals surface area contributed by atoms with Crippen molar-refractivity contribution in [2.75, 3.05) is 0 Å². The standard InChI is InChI=1S/C28H16BrN/c29-24-13-9-17-6-12-22-27-19(8-11-21(24)26(17)27)14-23-20-10-7-18(15-25(20)30-28(22)23)16-4-2-1-3-5-16/h1-15,30H. The second-order valence-electron chi connectivity index (χ2n) is 8.02. The number of halogens is 1. The Kier molecular flexibility index (Phi) is 3.20. The first-order valence-electron chi connectivity index (χ1n) is 10.1. The molecule has 0 amide bonds. The van der Waals surface area contributed by atoms with E-state index in [1.165, 1.54) is 65.3 Å². The number of aromatic nitrogens is 1. The number of aromatic amines is 1. The Bertz CT molecular complexity index is 1740. The highest BCUT2D eigenvalue weighted by Crippen LogP contribution is 2.42. The van der Waals surface area contributed by atoms with Gasteiger partial charge in [0.05, 0.1) is 5.52 Å². The van der Waals surface area contributed by atoms with E-state index < -0.39 is 0 Å². The first-order valence-corrected chi connectivity index (χ1v) is 10.9. The Morgan fingerprint density at radius 1 is 0.533 bits per heavy atom. The van der Waals surface area contributed by atoms with Crippen LogP contribution in [0.5, 0.6) is 0 Å². The van der Waals surface area contributed by atoms with Gasteiger partial charge in [0.2, 0.25) is 0 Å². The molecule has 0 saturated heterocycles. The minimum atomic E-state index is 1.15. The number of H-pyrrole nitrogens is 1. The smallest absolute Gasteiger partial charge is 0.0545 e. The van der Waals surface area contributed by atoms with Gasteiger partial charge in [-0.15, -0.1) is 0 Å². The van der Waals surface area contributed by atoms with Crippen molar-refractivity contribution in [3.05, 3.63) is 95.5 Å². The van der Waals surface area contributed by atoms with Gasteiger partial charge in [-0.05, 0) is 56.3 Å². The van der Waals surface area contributed by atoms with Gasteiger partial charge in [-0.3, -0.25) is 0 Å². The summed E-state index contributed by atoms with van der Waals surface area (Å²) in [5, 5.41) is 10.4. The molecule has 7 rings (SSSR count). The fourth-order valence-corrected chi connectivity index (χ4v) is 5.48. The maximum Gasteiger partial charge on any atom is 0.0545 e. The third kappa shape index (κ3) is 2.12. The van der Waals surface area contributed by atoms with Crippen LogP contribution in [0.3, 0.4) is 0 Å². The molecule has 1 N–H and O–H groups in total. The third-order valence-corrected chi connectivity index (χ3v) is 7.10. The van der Waals surface area contributed by atoms with E-state index in [0.717, 1.165) is 4.47 Å². The van der Waals surface area contributed by atoms with Crippen molar-refractivity contribution in [2.45, 2.75) is 0 Å². The SMILES string of the molecule is Brc1ccc2ccc3c4[nH]c5cc(-c6ccccc6)ccc5c4cc4ccc1c2c43. The molecule has 0 unspecified atom stereocenters. The predicted octanol–water partition coefficient (Wildman–Crippen LogP) is 8.65. The van der Waals surface area contributed by atoms with E-state index in [4.69, 9.17) is 0 Å². The molecule has 2 heteroatoms. The van der Waals surface area contributed by atoms with Crippen molar-refractivity contribution in [1.82, 2.24) is 4.98 Å². The molecule has 0 spiro atoms. The maximum absolute atomic E-state index is 3.75. The fraction of sp³-hybridized carbons (Fsp3) is 0. The molecule has 1 aromatic heterocycles. The summed E-state index contributed by atoms with van der Waals surface area (Å²) in [5.41, 5.74) is 4.88. The first kappa shape index (κ1) is 16.4. The van der Waals surface area contributed by atoms with Gasteiger partial charge in [0, 0.05) is 26.1 Å². The monoisotopic (exact) mass is 445 g/mol. The molecule has 0 aliphatic rings. The van der Waals surface area contributed by atoms with Crippen LogP contribution in [0.2, 0.25) is 0 Å². The highest BCUT2D eigenvalue weighted by Gasteiger charge is 2.15. The Morgan fingerprint density at radius 3 is 2.17 bits per heavy atom. The number of hydrogen-bond acceptors (Lipinski definition) is 0. The lowest BCUT2D eigenvalue weighted by molar-refractivity contribution is 1.56. The van der Waals surface area contributed by atoms with Gasteiger partial charge in [0.1, 0.15) is 0 Å². The zero-order valence-electron chi connectivity index (χ0n) is 16.0. The van der Waals surface area contributed by atoms with Crippen LogP contribution in [-0.4, -0.2) is 4.98 Å². The van der Waals surface area contributed by atoms with Crippen molar-refractivity contribution < 1.29 is 0 Å². The molecule has 0 saturated carbocycles. The van der Waals surface area contributed by atoms with E-state index in [0.29, 0.717) is 0 Å². The number of rotatable bonds is 1. The largest absolute Gasteiger partial charge is 0.354 e. The van der Waals surface area contributed by atoms with Crippen LogP contribution >= 0.6 is 15.9 Å². The van der Waals surface area contributed by atoms with Crippen LogP contribution in [0.25, 0.3) is 65.3 Å². The normalized spacial score (nSPS) is 12.2. The molecule has 0 aliphatic carbocycles. The van der Waals surface area contributed by atoms with Crippen molar-refractivity contribution in [2.24, 2.45) is 0 Å². The van der Waals surface area contributed by atoms with Gasteiger partial charge < -0.3 is 4.98 Å². The average molecular weight is 446 g/mol. The molecular weight excluding hydrogens is 430 g/mol. The van der Waals surface area contributed by atoms with Crippen molar-refractivity contribution >= 4 is 70.1 Å². The molecule has 0 atom stereocenters. The van der Waals surface area contributed by atoms with Crippen molar-refractivity contribution in [3.8, 4) is 11.1 Å². The minimum Gasteiger partial charge on any atom is -0.354 e. The van der Waals surface area contributed by atoms with E-state index >= 15 is 0 Å². The van der Waals surface area contributed by atoms with E-state index in [1.54, 1.807) is 0 Å². The lowest BCUT2D eigenvalue weighted by atomic mass is 9.92. The average Bonchev–Trinajstić information content (AvgIpc) is 3.16. The van der Waals surface area contributed by atoms with E-state index in [1.807, 2.05) is 0 Å². The highest BCUT2D eigenvalue weighted by atomic mass is 79.9. The van der Waals surface area contributed by atoms with E-state index in [2.05, 4.69) is 112 Å². The van der Waals surface area contributed by atoms with Crippen molar-refractivity contribution in [3.63, 3.8) is 0 Å². The summed E-state index contributed by atoms with van der Waals surface area (Å²) in [6.45, 7) is 0.